The minimum Gasteiger partial charge on any atom is -0.375 e. The second-order valence-corrected chi connectivity index (χ2v) is 6.76. The van der Waals surface area contributed by atoms with Crippen molar-refractivity contribution >= 4 is 15.9 Å². The maximum absolute atomic E-state index is 11.7. The van der Waals surface area contributed by atoms with E-state index in [0.717, 1.165) is 18.4 Å². The van der Waals surface area contributed by atoms with Crippen LogP contribution < -0.4 is 5.14 Å². The molecule has 1 aliphatic rings. The molecule has 2 rings (SSSR count). The highest BCUT2D eigenvalue weighted by atomic mass is 32.2. The maximum Gasteiger partial charge on any atom is 0.248 e. The summed E-state index contributed by atoms with van der Waals surface area (Å²) in [6.07, 6.45) is 1.73. The lowest BCUT2D eigenvalue weighted by atomic mass is 9.89. The van der Waals surface area contributed by atoms with Crippen LogP contribution in [0.5, 0.6) is 0 Å². The number of nitrogens with zero attached hydrogens (tertiary/aromatic N) is 1. The van der Waals surface area contributed by atoms with Crippen molar-refractivity contribution in [1.29, 1.82) is 0 Å². The number of likely N-dealkylation sites (tertiary alicyclic amines) is 1. The lowest BCUT2D eigenvalue weighted by molar-refractivity contribution is -0.136. The lowest BCUT2D eigenvalue weighted by Crippen LogP contribution is -2.39. The van der Waals surface area contributed by atoms with Crippen molar-refractivity contribution in [2.75, 3.05) is 26.8 Å². The Balaban J connectivity index is 1.98. The molecule has 116 valence electrons. The second kappa shape index (κ2) is 6.55. The van der Waals surface area contributed by atoms with E-state index in [0.29, 0.717) is 19.0 Å². The number of benzene rings is 1. The van der Waals surface area contributed by atoms with Gasteiger partial charge in [-0.15, -0.1) is 0 Å². The summed E-state index contributed by atoms with van der Waals surface area (Å²) >= 11 is 0. The first-order valence-corrected chi connectivity index (χ1v) is 8.36. The average molecular weight is 312 g/mol. The van der Waals surface area contributed by atoms with Gasteiger partial charge in [0.15, 0.2) is 0 Å². The zero-order valence-electron chi connectivity index (χ0n) is 12.0. The van der Waals surface area contributed by atoms with Crippen molar-refractivity contribution < 1.29 is 17.9 Å². The average Bonchev–Trinajstić information content (AvgIpc) is 2.47. The highest BCUT2D eigenvalue weighted by molar-refractivity contribution is 7.89. The summed E-state index contributed by atoms with van der Waals surface area (Å²) in [6, 6.07) is 6.67. The summed E-state index contributed by atoms with van der Waals surface area (Å²) in [5, 5.41) is 5.08. The van der Waals surface area contributed by atoms with Gasteiger partial charge in [0.25, 0.3) is 0 Å². The van der Waals surface area contributed by atoms with Crippen LogP contribution in [-0.4, -0.2) is 46.0 Å². The molecule has 1 aromatic carbocycles. The van der Waals surface area contributed by atoms with Crippen molar-refractivity contribution in [3.05, 3.63) is 29.8 Å². The molecule has 0 bridgehead atoms. The Morgan fingerprint density at radius 3 is 2.33 bits per heavy atom. The zero-order valence-corrected chi connectivity index (χ0v) is 12.8. The van der Waals surface area contributed by atoms with E-state index in [1.54, 1.807) is 17.0 Å². The van der Waals surface area contributed by atoms with E-state index >= 15 is 0 Å². The highest BCUT2D eigenvalue weighted by Gasteiger charge is 2.23. The highest BCUT2D eigenvalue weighted by Crippen LogP contribution is 2.28. The van der Waals surface area contributed by atoms with E-state index < -0.39 is 10.0 Å². The van der Waals surface area contributed by atoms with E-state index in [1.807, 2.05) is 0 Å². The number of primary sulfonamides is 1. The number of piperidine rings is 1. The number of ether oxygens (including phenoxy) is 1. The number of carbonyl (C=O) groups excluding carboxylic acids is 1. The fourth-order valence-corrected chi connectivity index (χ4v) is 3.12. The Kier molecular flexibility index (Phi) is 4.97. The van der Waals surface area contributed by atoms with Gasteiger partial charge in [-0.2, -0.15) is 0 Å². The first kappa shape index (κ1) is 15.9. The Morgan fingerprint density at radius 1 is 1.29 bits per heavy atom. The molecule has 1 aromatic rings. The maximum atomic E-state index is 11.7. The number of amides is 1. The third kappa shape index (κ3) is 4.03. The predicted octanol–water partition coefficient (Wildman–Crippen LogP) is 0.686. The van der Waals surface area contributed by atoms with E-state index in [4.69, 9.17) is 9.88 Å². The van der Waals surface area contributed by atoms with Crippen molar-refractivity contribution in [3.63, 3.8) is 0 Å². The fourth-order valence-electron chi connectivity index (χ4n) is 2.61. The third-order valence-electron chi connectivity index (χ3n) is 3.80. The van der Waals surface area contributed by atoms with E-state index in [9.17, 15) is 13.2 Å². The summed E-state index contributed by atoms with van der Waals surface area (Å²) in [6.45, 7) is 1.52. The van der Waals surface area contributed by atoms with Gasteiger partial charge in [-0.05, 0) is 36.5 Å². The van der Waals surface area contributed by atoms with Gasteiger partial charge in [-0.25, -0.2) is 13.6 Å². The van der Waals surface area contributed by atoms with Gasteiger partial charge in [0.1, 0.15) is 6.61 Å². The largest absolute Gasteiger partial charge is 0.375 e. The molecular weight excluding hydrogens is 292 g/mol. The van der Waals surface area contributed by atoms with Crippen LogP contribution in [0.15, 0.2) is 29.2 Å². The first-order chi connectivity index (χ1) is 9.91. The van der Waals surface area contributed by atoms with Crippen LogP contribution in [0, 0.1) is 0 Å². The summed E-state index contributed by atoms with van der Waals surface area (Å²) in [5.74, 6) is 0.353. The van der Waals surface area contributed by atoms with Gasteiger partial charge < -0.3 is 9.64 Å². The molecule has 2 N–H and O–H groups in total. The molecule has 0 aliphatic carbocycles. The molecule has 7 heteroatoms. The normalized spacial score (nSPS) is 17.0. The monoisotopic (exact) mass is 312 g/mol. The summed E-state index contributed by atoms with van der Waals surface area (Å²) < 4.78 is 27.3. The van der Waals surface area contributed by atoms with Crippen LogP contribution in [0.3, 0.4) is 0 Å². The number of sulfonamides is 1. The van der Waals surface area contributed by atoms with Crippen LogP contribution in [0.25, 0.3) is 0 Å². The summed E-state index contributed by atoms with van der Waals surface area (Å²) in [4.78, 5) is 13.6. The third-order valence-corrected chi connectivity index (χ3v) is 4.72. The number of carbonyl (C=O) groups is 1. The van der Waals surface area contributed by atoms with Crippen molar-refractivity contribution in [2.24, 2.45) is 5.14 Å². The molecule has 0 aromatic heterocycles. The molecule has 1 heterocycles. The molecular formula is C14H20N2O4S. The molecule has 6 nitrogen and oxygen atoms in total. The molecule has 1 fully saturated rings. The Labute approximate surface area is 124 Å². The molecule has 0 atom stereocenters. The Bertz CT molecular complexity index is 590. The van der Waals surface area contributed by atoms with Crippen molar-refractivity contribution in [2.45, 2.75) is 23.7 Å². The van der Waals surface area contributed by atoms with E-state index in [1.165, 1.54) is 19.2 Å². The van der Waals surface area contributed by atoms with Crippen LogP contribution in [0.1, 0.15) is 24.3 Å². The van der Waals surface area contributed by atoms with Crippen LogP contribution in [-0.2, 0) is 19.6 Å². The molecule has 1 aliphatic heterocycles. The first-order valence-electron chi connectivity index (χ1n) is 6.81. The van der Waals surface area contributed by atoms with Gasteiger partial charge in [-0.3, -0.25) is 4.79 Å². The molecule has 1 saturated heterocycles. The number of hydrogen-bond donors (Lipinski definition) is 1. The second-order valence-electron chi connectivity index (χ2n) is 5.20. The zero-order chi connectivity index (χ0) is 15.5. The topological polar surface area (TPSA) is 89.7 Å². The summed E-state index contributed by atoms with van der Waals surface area (Å²) in [5.41, 5.74) is 1.08. The molecule has 1 amide bonds. The number of rotatable bonds is 4. The molecule has 0 saturated carbocycles. The van der Waals surface area contributed by atoms with E-state index in [-0.39, 0.29) is 17.4 Å². The van der Waals surface area contributed by atoms with Crippen LogP contribution in [0.2, 0.25) is 0 Å². The SMILES string of the molecule is COCC(=O)N1CCC(c2ccc(S(N)(=O)=O)cc2)CC1. The number of hydrogen-bond acceptors (Lipinski definition) is 4. The van der Waals surface area contributed by atoms with Gasteiger partial charge >= 0.3 is 0 Å². The minimum atomic E-state index is -3.64. The molecule has 0 spiro atoms. The van der Waals surface area contributed by atoms with Crippen LogP contribution in [0.4, 0.5) is 0 Å². The van der Waals surface area contributed by atoms with E-state index in [2.05, 4.69) is 0 Å². The van der Waals surface area contributed by atoms with Gasteiger partial charge in [0.2, 0.25) is 15.9 Å². The minimum absolute atomic E-state index is 0.0144. The van der Waals surface area contributed by atoms with Crippen LogP contribution >= 0.6 is 0 Å². The number of nitrogens with two attached hydrogens (primary N) is 1. The molecule has 0 radical (unpaired) electrons. The van der Waals surface area contributed by atoms with Gasteiger partial charge in [0, 0.05) is 20.2 Å². The lowest BCUT2D eigenvalue weighted by Gasteiger charge is -2.32. The van der Waals surface area contributed by atoms with Gasteiger partial charge in [-0.1, -0.05) is 12.1 Å². The molecule has 0 unspecified atom stereocenters. The number of methoxy groups -OCH3 is 1. The quantitative estimate of drug-likeness (QED) is 0.885. The smallest absolute Gasteiger partial charge is 0.248 e. The van der Waals surface area contributed by atoms with Crippen molar-refractivity contribution in [3.8, 4) is 0 Å². The standard InChI is InChI=1S/C14H20N2O4S/c1-20-10-14(17)16-8-6-12(7-9-16)11-2-4-13(5-3-11)21(15,18)19/h2-5,12H,6-10H2,1H3,(H2,15,18,19). The van der Waals surface area contributed by atoms with Gasteiger partial charge in [0.05, 0.1) is 4.90 Å². The fraction of sp³-hybridized carbons (Fsp3) is 0.500. The molecule has 21 heavy (non-hydrogen) atoms. The Hall–Kier alpha value is -1.44. The van der Waals surface area contributed by atoms with Crippen molar-refractivity contribution in [1.82, 2.24) is 4.90 Å². The predicted molar refractivity (Wildman–Crippen MR) is 78.2 cm³/mol. The Morgan fingerprint density at radius 2 is 1.86 bits per heavy atom. The summed E-state index contributed by atoms with van der Waals surface area (Å²) in [7, 11) is -2.13.